The Bertz CT molecular complexity index is 675. The smallest absolute Gasteiger partial charge is 0.0249 e. The zero-order chi connectivity index (χ0) is 13.6. The van der Waals surface area contributed by atoms with Crippen LogP contribution in [-0.4, -0.2) is 0 Å². The monoisotopic (exact) mass is 254 g/mol. The molecule has 2 aliphatic rings. The Hall–Kier alpha value is -2.70. The lowest BCUT2D eigenvalue weighted by molar-refractivity contribution is 1.36. The van der Waals surface area contributed by atoms with Crippen molar-refractivity contribution in [3.8, 4) is 23.7 Å². The average Bonchev–Trinajstić information content (AvgIpc) is 3.17. The van der Waals surface area contributed by atoms with E-state index in [1.165, 1.54) is 11.1 Å². The van der Waals surface area contributed by atoms with Gasteiger partial charge in [0.25, 0.3) is 0 Å². The van der Waals surface area contributed by atoms with E-state index in [1.807, 2.05) is 24.3 Å². The Kier molecular flexibility index (Phi) is 3.68. The highest BCUT2D eigenvalue weighted by molar-refractivity contribution is 5.48. The van der Waals surface area contributed by atoms with Crippen LogP contribution >= 0.6 is 0 Å². The maximum absolute atomic E-state index is 3.19. The molecule has 0 unspecified atom stereocenters. The van der Waals surface area contributed by atoms with Crippen molar-refractivity contribution in [2.24, 2.45) is 0 Å². The molecule has 3 rings (SSSR count). The molecule has 0 saturated heterocycles. The van der Waals surface area contributed by atoms with Gasteiger partial charge in [0, 0.05) is 22.3 Å². The van der Waals surface area contributed by atoms with Crippen molar-refractivity contribution in [1.82, 2.24) is 0 Å². The van der Waals surface area contributed by atoms with Gasteiger partial charge in [0.2, 0.25) is 0 Å². The summed E-state index contributed by atoms with van der Waals surface area (Å²) >= 11 is 0. The van der Waals surface area contributed by atoms with Gasteiger partial charge in [-0.2, -0.15) is 0 Å². The number of hydrogen-bond acceptors (Lipinski definition) is 0. The highest BCUT2D eigenvalue weighted by Gasteiger charge is 1.95. The molecule has 0 aromatic heterocycles. The minimum Gasteiger partial charge on any atom is -0.0794 e. The first-order valence-corrected chi connectivity index (χ1v) is 6.76. The van der Waals surface area contributed by atoms with Gasteiger partial charge in [0.1, 0.15) is 0 Å². The SMILES string of the molecule is C(#Cc1ccc(C#CC2=CC=CC2)cc1)C1=CC=CC1. The Balaban J connectivity index is 1.68. The molecule has 0 spiro atoms. The van der Waals surface area contributed by atoms with Crippen molar-refractivity contribution >= 4 is 0 Å². The number of allylic oxidation sites excluding steroid dienone is 8. The Morgan fingerprint density at radius 3 is 1.40 bits per heavy atom. The van der Waals surface area contributed by atoms with Crippen LogP contribution in [0.25, 0.3) is 0 Å². The predicted molar refractivity (Wildman–Crippen MR) is 83.9 cm³/mol. The standard InChI is InChI=1S/C20H14/c1-2-6-17(5-1)9-11-19-13-15-20(16-14-19)12-10-18-7-3-4-8-18/h1-5,7,13-16H,6,8H2. The lowest BCUT2D eigenvalue weighted by Crippen LogP contribution is -1.79. The van der Waals surface area contributed by atoms with Crippen molar-refractivity contribution in [1.29, 1.82) is 0 Å². The Morgan fingerprint density at radius 2 is 1.05 bits per heavy atom. The molecule has 1 aromatic carbocycles. The van der Waals surface area contributed by atoms with E-state index >= 15 is 0 Å². The van der Waals surface area contributed by atoms with Gasteiger partial charge >= 0.3 is 0 Å². The van der Waals surface area contributed by atoms with Crippen LogP contribution in [0.1, 0.15) is 24.0 Å². The molecule has 94 valence electrons. The van der Waals surface area contributed by atoms with E-state index in [9.17, 15) is 0 Å². The van der Waals surface area contributed by atoms with Crippen LogP contribution in [0.4, 0.5) is 0 Å². The third-order valence-electron chi connectivity index (χ3n) is 3.16. The van der Waals surface area contributed by atoms with E-state index in [-0.39, 0.29) is 0 Å². The fourth-order valence-corrected chi connectivity index (χ4v) is 2.02. The highest BCUT2D eigenvalue weighted by Crippen LogP contribution is 2.10. The molecule has 0 bridgehead atoms. The molecule has 0 heteroatoms. The molecule has 0 nitrogen and oxygen atoms in total. The molecule has 2 aliphatic carbocycles. The summed E-state index contributed by atoms with van der Waals surface area (Å²) in [6.07, 6.45) is 14.4. The summed E-state index contributed by atoms with van der Waals surface area (Å²) in [6, 6.07) is 8.12. The van der Waals surface area contributed by atoms with Crippen LogP contribution in [0.2, 0.25) is 0 Å². The maximum Gasteiger partial charge on any atom is 0.0249 e. The maximum atomic E-state index is 3.19. The van der Waals surface area contributed by atoms with Crippen molar-refractivity contribution < 1.29 is 0 Å². The summed E-state index contributed by atoms with van der Waals surface area (Å²) in [5.41, 5.74) is 4.42. The zero-order valence-corrected chi connectivity index (χ0v) is 11.2. The molecule has 0 radical (unpaired) electrons. The van der Waals surface area contributed by atoms with Crippen molar-refractivity contribution in [3.05, 3.63) is 83.0 Å². The fraction of sp³-hybridized carbons (Fsp3) is 0.100. The second-order valence-corrected chi connectivity index (χ2v) is 4.73. The largest absolute Gasteiger partial charge is 0.0794 e. The van der Waals surface area contributed by atoms with E-state index in [0.717, 1.165) is 24.0 Å². The first kappa shape index (κ1) is 12.3. The first-order chi connectivity index (χ1) is 9.90. The van der Waals surface area contributed by atoms with E-state index in [4.69, 9.17) is 0 Å². The molecular weight excluding hydrogens is 240 g/mol. The number of hydrogen-bond donors (Lipinski definition) is 0. The molecule has 0 aliphatic heterocycles. The second-order valence-electron chi connectivity index (χ2n) is 4.73. The van der Waals surface area contributed by atoms with Gasteiger partial charge in [-0.3, -0.25) is 0 Å². The molecule has 0 N–H and O–H groups in total. The van der Waals surface area contributed by atoms with Gasteiger partial charge in [-0.15, -0.1) is 0 Å². The van der Waals surface area contributed by atoms with E-state index in [0.29, 0.717) is 0 Å². The zero-order valence-electron chi connectivity index (χ0n) is 11.2. The van der Waals surface area contributed by atoms with Gasteiger partial charge in [-0.1, -0.05) is 60.1 Å². The average molecular weight is 254 g/mol. The Morgan fingerprint density at radius 1 is 0.600 bits per heavy atom. The third-order valence-corrected chi connectivity index (χ3v) is 3.16. The molecule has 20 heavy (non-hydrogen) atoms. The van der Waals surface area contributed by atoms with Gasteiger partial charge in [-0.05, 0) is 37.1 Å². The lowest BCUT2D eigenvalue weighted by atomic mass is 10.1. The first-order valence-electron chi connectivity index (χ1n) is 6.76. The van der Waals surface area contributed by atoms with Gasteiger partial charge in [0.15, 0.2) is 0 Å². The van der Waals surface area contributed by atoms with Crippen molar-refractivity contribution in [2.45, 2.75) is 12.8 Å². The number of benzene rings is 1. The van der Waals surface area contributed by atoms with Crippen LogP contribution in [0, 0.1) is 23.7 Å². The normalized spacial score (nSPS) is 15.0. The molecule has 1 aromatic rings. The number of rotatable bonds is 0. The minimum atomic E-state index is 0.958. The van der Waals surface area contributed by atoms with Crippen LogP contribution in [0.5, 0.6) is 0 Å². The summed E-state index contributed by atoms with van der Waals surface area (Å²) in [4.78, 5) is 0. The van der Waals surface area contributed by atoms with Crippen LogP contribution in [-0.2, 0) is 0 Å². The fourth-order valence-electron chi connectivity index (χ4n) is 2.02. The molecule has 0 fully saturated rings. The molecular formula is C20H14. The Labute approximate surface area is 120 Å². The highest BCUT2D eigenvalue weighted by atomic mass is 14.0. The molecule has 0 saturated carbocycles. The molecule has 0 heterocycles. The van der Waals surface area contributed by atoms with E-state index in [1.54, 1.807) is 0 Å². The van der Waals surface area contributed by atoms with E-state index in [2.05, 4.69) is 60.1 Å². The van der Waals surface area contributed by atoms with Crippen LogP contribution in [0.3, 0.4) is 0 Å². The minimum absolute atomic E-state index is 0.958. The second kappa shape index (κ2) is 5.96. The van der Waals surface area contributed by atoms with Crippen molar-refractivity contribution in [2.75, 3.05) is 0 Å². The third kappa shape index (κ3) is 3.19. The summed E-state index contributed by atoms with van der Waals surface area (Å²) in [7, 11) is 0. The lowest BCUT2D eigenvalue weighted by Gasteiger charge is -1.92. The summed E-state index contributed by atoms with van der Waals surface area (Å²) in [5, 5.41) is 0. The van der Waals surface area contributed by atoms with Gasteiger partial charge in [-0.25, -0.2) is 0 Å². The summed E-state index contributed by atoms with van der Waals surface area (Å²) in [6.45, 7) is 0. The predicted octanol–water partition coefficient (Wildman–Crippen LogP) is 4.16. The van der Waals surface area contributed by atoms with E-state index < -0.39 is 0 Å². The molecule has 0 amide bonds. The summed E-state index contributed by atoms with van der Waals surface area (Å²) in [5.74, 6) is 12.7. The van der Waals surface area contributed by atoms with Gasteiger partial charge in [0.05, 0.1) is 0 Å². The quantitative estimate of drug-likeness (QED) is 0.610. The van der Waals surface area contributed by atoms with Crippen LogP contribution in [0.15, 0.2) is 71.9 Å². The molecule has 0 atom stereocenters. The topological polar surface area (TPSA) is 0 Å². The summed E-state index contributed by atoms with van der Waals surface area (Å²) < 4.78 is 0. The van der Waals surface area contributed by atoms with Crippen LogP contribution < -0.4 is 0 Å². The van der Waals surface area contributed by atoms with Crippen molar-refractivity contribution in [3.63, 3.8) is 0 Å². The van der Waals surface area contributed by atoms with Gasteiger partial charge < -0.3 is 0 Å².